The summed E-state index contributed by atoms with van der Waals surface area (Å²) >= 11 is 0. The number of methoxy groups -OCH3 is 1. The molecule has 0 aromatic carbocycles. The van der Waals surface area contributed by atoms with E-state index in [9.17, 15) is 4.79 Å². The van der Waals surface area contributed by atoms with Crippen molar-refractivity contribution in [2.45, 2.75) is 26.3 Å². The molecule has 2 N–H and O–H groups in total. The molecule has 8 heteroatoms. The normalized spacial score (nSPS) is 12.2. The second-order valence-corrected chi connectivity index (χ2v) is 4.80. The Labute approximate surface area is 125 Å². The Morgan fingerprint density at radius 2 is 2.19 bits per heavy atom. The number of aromatic nitrogens is 2. The van der Waals surface area contributed by atoms with Gasteiger partial charge in [0.2, 0.25) is 11.8 Å². The van der Waals surface area contributed by atoms with Crippen molar-refractivity contribution in [3.05, 3.63) is 5.89 Å². The molecule has 0 aliphatic carbocycles. The number of ether oxygens (including phenoxy) is 1. The molecule has 0 bridgehead atoms. The second kappa shape index (κ2) is 9.30. The van der Waals surface area contributed by atoms with E-state index in [-0.39, 0.29) is 18.5 Å². The number of hydrogen-bond donors (Lipinski definition) is 2. The molecule has 1 aromatic heterocycles. The van der Waals surface area contributed by atoms with Gasteiger partial charge in [-0.2, -0.15) is 0 Å². The SMILES string of the molecule is CCCNC(C)c1nnc(N(C)CC(=O)NCCOC)o1. The van der Waals surface area contributed by atoms with Crippen LogP contribution in [0.25, 0.3) is 0 Å². The minimum absolute atomic E-state index is 0.00451. The zero-order valence-corrected chi connectivity index (χ0v) is 13.2. The van der Waals surface area contributed by atoms with Gasteiger partial charge in [-0.25, -0.2) is 0 Å². The zero-order valence-electron chi connectivity index (χ0n) is 13.2. The molecule has 0 radical (unpaired) electrons. The first kappa shape index (κ1) is 17.4. The van der Waals surface area contributed by atoms with Crippen molar-refractivity contribution in [2.24, 2.45) is 0 Å². The summed E-state index contributed by atoms with van der Waals surface area (Å²) in [6.07, 6.45) is 1.03. The summed E-state index contributed by atoms with van der Waals surface area (Å²) in [5.74, 6) is 0.400. The van der Waals surface area contributed by atoms with E-state index in [1.54, 1.807) is 19.1 Å². The maximum atomic E-state index is 11.7. The molecule has 0 spiro atoms. The van der Waals surface area contributed by atoms with Gasteiger partial charge in [-0.15, -0.1) is 5.10 Å². The first-order valence-corrected chi connectivity index (χ1v) is 7.12. The molecule has 21 heavy (non-hydrogen) atoms. The fourth-order valence-electron chi connectivity index (χ4n) is 1.64. The predicted octanol–water partition coefficient (Wildman–Crippen LogP) is 0.329. The summed E-state index contributed by atoms with van der Waals surface area (Å²) in [6.45, 7) is 6.06. The summed E-state index contributed by atoms with van der Waals surface area (Å²) in [6, 6.07) is 0.326. The molecular weight excluding hydrogens is 274 g/mol. The van der Waals surface area contributed by atoms with Gasteiger partial charge in [-0.3, -0.25) is 4.79 Å². The Bertz CT molecular complexity index is 424. The molecule has 120 valence electrons. The van der Waals surface area contributed by atoms with E-state index in [2.05, 4.69) is 27.8 Å². The van der Waals surface area contributed by atoms with E-state index in [4.69, 9.17) is 9.15 Å². The number of carbonyl (C=O) groups excluding carboxylic acids is 1. The third kappa shape index (κ3) is 6.09. The van der Waals surface area contributed by atoms with E-state index in [1.807, 2.05) is 6.92 Å². The lowest BCUT2D eigenvalue weighted by molar-refractivity contribution is -0.119. The largest absolute Gasteiger partial charge is 0.406 e. The molecule has 1 amide bonds. The molecule has 1 aromatic rings. The van der Waals surface area contributed by atoms with E-state index >= 15 is 0 Å². The lowest BCUT2D eigenvalue weighted by atomic mass is 10.3. The molecular formula is C13H25N5O3. The highest BCUT2D eigenvalue weighted by atomic mass is 16.5. The van der Waals surface area contributed by atoms with Gasteiger partial charge in [-0.05, 0) is 19.9 Å². The third-order valence-corrected chi connectivity index (χ3v) is 2.84. The molecule has 0 fully saturated rings. The van der Waals surface area contributed by atoms with Crippen LogP contribution in [0.3, 0.4) is 0 Å². The van der Waals surface area contributed by atoms with Crippen molar-refractivity contribution < 1.29 is 13.9 Å². The fraction of sp³-hybridized carbons (Fsp3) is 0.769. The van der Waals surface area contributed by atoms with Gasteiger partial charge >= 0.3 is 6.01 Å². The Hall–Kier alpha value is -1.67. The minimum atomic E-state index is -0.119. The lowest BCUT2D eigenvalue weighted by Gasteiger charge is -2.13. The van der Waals surface area contributed by atoms with Gasteiger partial charge in [-0.1, -0.05) is 12.0 Å². The first-order chi connectivity index (χ1) is 10.1. The lowest BCUT2D eigenvalue weighted by Crippen LogP contribution is -2.36. The number of hydrogen-bond acceptors (Lipinski definition) is 7. The standard InChI is InChI=1S/C13H25N5O3/c1-5-6-14-10(2)12-16-17-13(21-12)18(3)9-11(19)15-7-8-20-4/h10,14H,5-9H2,1-4H3,(H,15,19). The van der Waals surface area contributed by atoms with E-state index < -0.39 is 0 Å². The maximum Gasteiger partial charge on any atom is 0.318 e. The summed E-state index contributed by atoms with van der Waals surface area (Å²) in [4.78, 5) is 13.3. The van der Waals surface area contributed by atoms with E-state index in [0.717, 1.165) is 13.0 Å². The van der Waals surface area contributed by atoms with Crippen LogP contribution in [-0.2, 0) is 9.53 Å². The van der Waals surface area contributed by atoms with Gasteiger partial charge in [0.15, 0.2) is 0 Å². The average Bonchev–Trinajstić information content (AvgIpc) is 2.95. The van der Waals surface area contributed by atoms with Gasteiger partial charge < -0.3 is 24.7 Å². The smallest absolute Gasteiger partial charge is 0.318 e. The number of carbonyl (C=O) groups is 1. The summed E-state index contributed by atoms with van der Waals surface area (Å²) in [5, 5.41) is 14.0. The first-order valence-electron chi connectivity index (χ1n) is 7.12. The van der Waals surface area contributed by atoms with Crippen molar-refractivity contribution in [3.8, 4) is 0 Å². The van der Waals surface area contributed by atoms with Crippen molar-refractivity contribution in [2.75, 3.05) is 45.3 Å². The number of rotatable bonds is 10. The second-order valence-electron chi connectivity index (χ2n) is 4.80. The molecule has 8 nitrogen and oxygen atoms in total. The maximum absolute atomic E-state index is 11.7. The highest BCUT2D eigenvalue weighted by molar-refractivity contribution is 5.80. The highest BCUT2D eigenvalue weighted by Crippen LogP contribution is 2.15. The average molecular weight is 299 g/mol. The molecule has 0 saturated heterocycles. The van der Waals surface area contributed by atoms with E-state index in [0.29, 0.717) is 25.1 Å². The predicted molar refractivity (Wildman–Crippen MR) is 79.2 cm³/mol. The van der Waals surface area contributed by atoms with Gasteiger partial charge in [0.25, 0.3) is 0 Å². The minimum Gasteiger partial charge on any atom is -0.406 e. The number of amides is 1. The van der Waals surface area contributed by atoms with Gasteiger partial charge in [0, 0.05) is 20.7 Å². The van der Waals surface area contributed by atoms with Crippen LogP contribution < -0.4 is 15.5 Å². The Morgan fingerprint density at radius 1 is 1.43 bits per heavy atom. The van der Waals surface area contributed by atoms with Gasteiger partial charge in [0.1, 0.15) is 6.54 Å². The Balaban J connectivity index is 2.45. The summed E-state index contributed by atoms with van der Waals surface area (Å²) in [7, 11) is 3.32. The van der Waals surface area contributed by atoms with Crippen molar-refractivity contribution in [3.63, 3.8) is 0 Å². The Kier molecular flexibility index (Phi) is 7.70. The van der Waals surface area contributed by atoms with Crippen LogP contribution in [0.5, 0.6) is 0 Å². The molecule has 0 aliphatic heterocycles. The van der Waals surface area contributed by atoms with Crippen LogP contribution in [-0.4, -0.2) is 56.5 Å². The zero-order chi connectivity index (χ0) is 15.7. The number of anilines is 1. The van der Waals surface area contributed by atoms with Crippen molar-refractivity contribution in [1.82, 2.24) is 20.8 Å². The highest BCUT2D eigenvalue weighted by Gasteiger charge is 2.17. The van der Waals surface area contributed by atoms with E-state index in [1.165, 1.54) is 0 Å². The molecule has 0 saturated carbocycles. The van der Waals surface area contributed by atoms with Crippen LogP contribution in [0.2, 0.25) is 0 Å². The van der Waals surface area contributed by atoms with Crippen LogP contribution in [0.4, 0.5) is 6.01 Å². The van der Waals surface area contributed by atoms with Crippen molar-refractivity contribution in [1.29, 1.82) is 0 Å². The summed E-state index contributed by atoms with van der Waals surface area (Å²) in [5.41, 5.74) is 0. The molecule has 1 atom stereocenters. The fourth-order valence-corrected chi connectivity index (χ4v) is 1.64. The van der Waals surface area contributed by atoms with Crippen LogP contribution in [0.15, 0.2) is 4.42 Å². The molecule has 1 unspecified atom stereocenters. The molecule has 0 aliphatic rings. The quantitative estimate of drug-likeness (QED) is 0.601. The number of nitrogens with one attached hydrogen (secondary N) is 2. The van der Waals surface area contributed by atoms with Crippen LogP contribution in [0, 0.1) is 0 Å². The van der Waals surface area contributed by atoms with Crippen LogP contribution in [0.1, 0.15) is 32.2 Å². The monoisotopic (exact) mass is 299 g/mol. The van der Waals surface area contributed by atoms with Gasteiger partial charge in [0.05, 0.1) is 12.6 Å². The van der Waals surface area contributed by atoms with Crippen LogP contribution >= 0.6 is 0 Å². The Morgan fingerprint density at radius 3 is 2.86 bits per heavy atom. The molecule has 1 rings (SSSR count). The summed E-state index contributed by atoms with van der Waals surface area (Å²) < 4.78 is 10.4. The third-order valence-electron chi connectivity index (χ3n) is 2.84. The van der Waals surface area contributed by atoms with Crippen molar-refractivity contribution >= 4 is 11.9 Å². The number of nitrogens with zero attached hydrogens (tertiary/aromatic N) is 3. The topological polar surface area (TPSA) is 92.5 Å². The molecule has 1 heterocycles. The number of likely N-dealkylation sites (N-methyl/N-ethyl adjacent to an activating group) is 1.